The Morgan fingerprint density at radius 1 is 1.40 bits per heavy atom. The Morgan fingerprint density at radius 2 is 2.13 bits per heavy atom. The predicted octanol–water partition coefficient (Wildman–Crippen LogP) is 2.26. The second kappa shape index (κ2) is 4.79. The summed E-state index contributed by atoms with van der Waals surface area (Å²) in [5.74, 6) is 0.795. The van der Waals surface area contributed by atoms with Crippen molar-refractivity contribution in [3.63, 3.8) is 0 Å². The number of aliphatic hydroxyl groups is 1. The summed E-state index contributed by atoms with van der Waals surface area (Å²) in [7, 11) is 0. The van der Waals surface area contributed by atoms with E-state index in [0.29, 0.717) is 0 Å². The van der Waals surface area contributed by atoms with Gasteiger partial charge in [-0.15, -0.1) is 0 Å². The molecule has 1 N–H and O–H groups in total. The van der Waals surface area contributed by atoms with Crippen LogP contribution in [0, 0.1) is 12.8 Å². The molecule has 0 saturated heterocycles. The number of rotatable bonds is 3. The summed E-state index contributed by atoms with van der Waals surface area (Å²) < 4.78 is 2.06. The van der Waals surface area contributed by atoms with Gasteiger partial charge in [-0.25, -0.2) is 0 Å². The van der Waals surface area contributed by atoms with Gasteiger partial charge in [-0.2, -0.15) is 5.10 Å². The molecule has 2 rings (SSSR count). The molecule has 1 aromatic heterocycles. The van der Waals surface area contributed by atoms with Crippen LogP contribution in [0.25, 0.3) is 0 Å². The van der Waals surface area contributed by atoms with Crippen LogP contribution in [0.5, 0.6) is 0 Å². The lowest BCUT2D eigenvalue weighted by Gasteiger charge is -2.21. The Kier molecular flexibility index (Phi) is 3.41. The maximum atomic E-state index is 9.01. The molecule has 15 heavy (non-hydrogen) atoms. The molecule has 1 aromatic rings. The van der Waals surface area contributed by atoms with Gasteiger partial charge >= 0.3 is 0 Å². The molecule has 0 bridgehead atoms. The Morgan fingerprint density at radius 3 is 2.73 bits per heavy atom. The van der Waals surface area contributed by atoms with Gasteiger partial charge in [0, 0.05) is 12.2 Å². The van der Waals surface area contributed by atoms with Crippen molar-refractivity contribution >= 4 is 0 Å². The van der Waals surface area contributed by atoms with Crippen LogP contribution in [-0.4, -0.2) is 14.9 Å². The van der Waals surface area contributed by atoms with E-state index >= 15 is 0 Å². The zero-order chi connectivity index (χ0) is 10.7. The van der Waals surface area contributed by atoms with Crippen LogP contribution in [0.15, 0.2) is 6.07 Å². The number of nitrogens with zero attached hydrogens (tertiary/aromatic N) is 2. The third-order valence-electron chi connectivity index (χ3n) is 3.35. The fourth-order valence-electron chi connectivity index (χ4n) is 2.45. The quantitative estimate of drug-likeness (QED) is 0.827. The highest BCUT2D eigenvalue weighted by Crippen LogP contribution is 2.25. The van der Waals surface area contributed by atoms with Crippen molar-refractivity contribution in [3.8, 4) is 0 Å². The lowest BCUT2D eigenvalue weighted by Crippen LogP contribution is -2.16. The fourth-order valence-corrected chi connectivity index (χ4v) is 2.45. The van der Waals surface area contributed by atoms with Gasteiger partial charge in [0.05, 0.1) is 12.3 Å². The Balaban J connectivity index is 1.99. The van der Waals surface area contributed by atoms with Gasteiger partial charge in [0.1, 0.15) is 0 Å². The number of aromatic nitrogens is 2. The van der Waals surface area contributed by atoms with Crippen LogP contribution in [0.3, 0.4) is 0 Å². The average molecular weight is 208 g/mol. The molecule has 0 aliphatic heterocycles. The predicted molar refractivity (Wildman–Crippen MR) is 59.5 cm³/mol. The third-order valence-corrected chi connectivity index (χ3v) is 3.35. The number of hydrogen-bond donors (Lipinski definition) is 1. The lowest BCUT2D eigenvalue weighted by molar-refractivity contribution is 0.270. The van der Waals surface area contributed by atoms with E-state index in [0.717, 1.165) is 18.2 Å². The second-order valence-corrected chi connectivity index (χ2v) is 4.62. The largest absolute Gasteiger partial charge is 0.390 e. The van der Waals surface area contributed by atoms with E-state index in [9.17, 15) is 0 Å². The molecule has 0 aromatic carbocycles. The standard InChI is InChI=1S/C12H20N2O/c1-10-7-12(9-15)13-14(10)8-11-5-3-2-4-6-11/h7,11,15H,2-6,8-9H2,1H3. The normalized spacial score (nSPS) is 18.3. The van der Waals surface area contributed by atoms with Crippen LogP contribution < -0.4 is 0 Å². The fraction of sp³-hybridized carbons (Fsp3) is 0.750. The third kappa shape index (κ3) is 2.59. The van der Waals surface area contributed by atoms with Crippen molar-refractivity contribution in [2.75, 3.05) is 0 Å². The van der Waals surface area contributed by atoms with E-state index in [4.69, 9.17) is 5.11 Å². The minimum atomic E-state index is 0.0541. The van der Waals surface area contributed by atoms with Crippen LogP contribution in [0.2, 0.25) is 0 Å². The van der Waals surface area contributed by atoms with E-state index in [1.807, 2.05) is 6.07 Å². The van der Waals surface area contributed by atoms with Crippen molar-refractivity contribution in [3.05, 3.63) is 17.5 Å². The van der Waals surface area contributed by atoms with E-state index < -0.39 is 0 Å². The molecule has 1 heterocycles. The monoisotopic (exact) mass is 208 g/mol. The molecule has 0 amide bonds. The maximum Gasteiger partial charge on any atom is 0.0881 e. The van der Waals surface area contributed by atoms with Crippen LogP contribution in [0.4, 0.5) is 0 Å². The van der Waals surface area contributed by atoms with Gasteiger partial charge in [0.15, 0.2) is 0 Å². The highest BCUT2D eigenvalue weighted by molar-refractivity contribution is 5.07. The maximum absolute atomic E-state index is 9.01. The summed E-state index contributed by atoms with van der Waals surface area (Å²) >= 11 is 0. The Hall–Kier alpha value is -0.830. The first-order valence-electron chi connectivity index (χ1n) is 5.94. The van der Waals surface area contributed by atoms with Crippen molar-refractivity contribution < 1.29 is 5.11 Å². The molecule has 1 fully saturated rings. The van der Waals surface area contributed by atoms with Crippen molar-refractivity contribution in [2.24, 2.45) is 5.92 Å². The van der Waals surface area contributed by atoms with E-state index in [1.54, 1.807) is 0 Å². The highest BCUT2D eigenvalue weighted by Gasteiger charge is 2.15. The smallest absolute Gasteiger partial charge is 0.0881 e. The SMILES string of the molecule is Cc1cc(CO)nn1CC1CCCCC1. The minimum absolute atomic E-state index is 0.0541. The Bertz CT molecular complexity index is 313. The molecule has 0 atom stereocenters. The number of aryl methyl sites for hydroxylation is 1. The molecule has 84 valence electrons. The lowest BCUT2D eigenvalue weighted by atomic mass is 9.89. The summed E-state index contributed by atoms with van der Waals surface area (Å²) in [6.45, 7) is 3.15. The molecular formula is C12H20N2O. The summed E-state index contributed by atoms with van der Waals surface area (Å²) in [6, 6.07) is 1.98. The van der Waals surface area contributed by atoms with Crippen LogP contribution in [0.1, 0.15) is 43.5 Å². The van der Waals surface area contributed by atoms with E-state index in [1.165, 1.54) is 37.8 Å². The van der Waals surface area contributed by atoms with Gasteiger partial charge in [-0.3, -0.25) is 4.68 Å². The summed E-state index contributed by atoms with van der Waals surface area (Å²) in [4.78, 5) is 0. The zero-order valence-electron chi connectivity index (χ0n) is 9.45. The number of aliphatic hydroxyl groups excluding tert-OH is 1. The first kappa shape index (κ1) is 10.7. The first-order valence-corrected chi connectivity index (χ1v) is 5.94. The highest BCUT2D eigenvalue weighted by atomic mass is 16.3. The molecule has 3 heteroatoms. The minimum Gasteiger partial charge on any atom is -0.390 e. The zero-order valence-corrected chi connectivity index (χ0v) is 9.45. The van der Waals surface area contributed by atoms with E-state index in [2.05, 4.69) is 16.7 Å². The summed E-state index contributed by atoms with van der Waals surface area (Å²) in [5.41, 5.74) is 1.97. The molecule has 3 nitrogen and oxygen atoms in total. The van der Waals surface area contributed by atoms with Crippen molar-refractivity contribution in [1.29, 1.82) is 0 Å². The molecule has 0 spiro atoms. The van der Waals surface area contributed by atoms with Gasteiger partial charge in [0.2, 0.25) is 0 Å². The molecule has 1 aliphatic carbocycles. The van der Waals surface area contributed by atoms with Gasteiger partial charge in [0.25, 0.3) is 0 Å². The summed E-state index contributed by atoms with van der Waals surface area (Å²) in [6.07, 6.45) is 6.83. The van der Waals surface area contributed by atoms with Crippen LogP contribution >= 0.6 is 0 Å². The summed E-state index contributed by atoms with van der Waals surface area (Å²) in [5, 5.41) is 13.4. The van der Waals surface area contributed by atoms with Crippen LogP contribution in [-0.2, 0) is 13.2 Å². The molecule has 0 unspecified atom stereocenters. The van der Waals surface area contributed by atoms with Crippen molar-refractivity contribution in [2.45, 2.75) is 52.2 Å². The molecular weight excluding hydrogens is 188 g/mol. The first-order chi connectivity index (χ1) is 7.29. The second-order valence-electron chi connectivity index (χ2n) is 4.62. The number of hydrogen-bond acceptors (Lipinski definition) is 2. The van der Waals surface area contributed by atoms with Gasteiger partial charge < -0.3 is 5.11 Å². The Labute approximate surface area is 91.1 Å². The van der Waals surface area contributed by atoms with Gasteiger partial charge in [-0.1, -0.05) is 19.3 Å². The van der Waals surface area contributed by atoms with Crippen molar-refractivity contribution in [1.82, 2.24) is 9.78 Å². The average Bonchev–Trinajstić information content (AvgIpc) is 2.61. The van der Waals surface area contributed by atoms with Gasteiger partial charge in [-0.05, 0) is 31.7 Å². The molecule has 1 aliphatic rings. The molecule has 1 saturated carbocycles. The van der Waals surface area contributed by atoms with E-state index in [-0.39, 0.29) is 6.61 Å². The molecule has 0 radical (unpaired) electrons. The topological polar surface area (TPSA) is 38.1 Å².